The second-order valence-electron chi connectivity index (χ2n) is 14.4. The summed E-state index contributed by atoms with van der Waals surface area (Å²) in [5.74, 6) is 0. The minimum Gasteiger partial charge on any atom is -0.431 e. The Bertz CT molecular complexity index is 426. The van der Waals surface area contributed by atoms with Gasteiger partial charge in [0.15, 0.2) is 8.32 Å². The summed E-state index contributed by atoms with van der Waals surface area (Å²) >= 11 is 0. The standard InChI is InChI=1S/C18H34OSi.3C4H10O.Ti/c19-20(16-10-4-1-5-11-16,17-12-6-2-7-13-17)18-14-8-3-9-15-18;3*1-4(2,3)5;/h16-19H,1-15H2;3*5H,1-3H3;. The van der Waals surface area contributed by atoms with E-state index in [1.807, 2.05) is 0 Å². The molecule has 0 aromatic heterocycles. The smallest absolute Gasteiger partial charge is 0.197 e. The Balaban J connectivity index is 0. The monoisotopic (exact) mass is 564 g/mol. The molecular weight excluding hydrogens is 500 g/mol. The molecule has 0 aliphatic heterocycles. The SMILES string of the molecule is CC(C)(C)O.CC(C)(C)O.CC(C)(C)O.O[Si](C1CCCCC1)(C1CCCCC1)C1CCCCC1.[Ti]. The molecule has 3 rings (SSSR count). The molecular formula is C30H64O4SiTi. The molecule has 3 aliphatic carbocycles. The third kappa shape index (κ3) is 21.7. The van der Waals surface area contributed by atoms with E-state index >= 15 is 0 Å². The van der Waals surface area contributed by atoms with Gasteiger partial charge in [0.05, 0.1) is 16.8 Å². The van der Waals surface area contributed by atoms with Gasteiger partial charge in [0.2, 0.25) is 0 Å². The Morgan fingerprint density at radius 3 is 0.694 bits per heavy atom. The van der Waals surface area contributed by atoms with Gasteiger partial charge in [-0.15, -0.1) is 0 Å². The summed E-state index contributed by atoms with van der Waals surface area (Å²) < 4.78 is 0. The van der Waals surface area contributed by atoms with Gasteiger partial charge >= 0.3 is 0 Å². The number of hydrogen-bond donors (Lipinski definition) is 4. The van der Waals surface area contributed by atoms with Crippen molar-refractivity contribution in [2.45, 2.75) is 192 Å². The molecule has 3 aliphatic rings. The molecule has 0 aromatic rings. The zero-order valence-electron chi connectivity index (χ0n) is 25.6. The van der Waals surface area contributed by atoms with Crippen molar-refractivity contribution in [2.75, 3.05) is 0 Å². The fraction of sp³-hybridized carbons (Fsp3) is 1.00. The molecule has 216 valence electrons. The van der Waals surface area contributed by atoms with Crippen molar-refractivity contribution in [3.63, 3.8) is 0 Å². The minimum absolute atomic E-state index is 0. The molecule has 0 heterocycles. The molecule has 0 aromatic carbocycles. The maximum Gasteiger partial charge on any atom is 0.197 e. The average Bonchev–Trinajstić information content (AvgIpc) is 2.71. The van der Waals surface area contributed by atoms with Crippen molar-refractivity contribution in [3.05, 3.63) is 0 Å². The number of aliphatic hydroxyl groups is 3. The van der Waals surface area contributed by atoms with E-state index in [4.69, 9.17) is 15.3 Å². The van der Waals surface area contributed by atoms with Crippen LogP contribution in [0.25, 0.3) is 0 Å². The second kappa shape index (κ2) is 18.2. The van der Waals surface area contributed by atoms with Crippen LogP contribution in [0.5, 0.6) is 0 Å². The van der Waals surface area contributed by atoms with Gasteiger partial charge in [0.25, 0.3) is 0 Å². The summed E-state index contributed by atoms with van der Waals surface area (Å²) in [7, 11) is -2.05. The molecule has 3 fully saturated rings. The summed E-state index contributed by atoms with van der Waals surface area (Å²) in [6.45, 7) is 15.7. The van der Waals surface area contributed by atoms with Crippen molar-refractivity contribution >= 4 is 8.32 Å². The molecule has 0 saturated heterocycles. The van der Waals surface area contributed by atoms with E-state index in [0.29, 0.717) is 0 Å². The number of hydrogen-bond acceptors (Lipinski definition) is 4. The Labute approximate surface area is 241 Å². The largest absolute Gasteiger partial charge is 0.431 e. The average molecular weight is 565 g/mol. The molecule has 0 amide bonds. The molecule has 36 heavy (non-hydrogen) atoms. The molecule has 6 heteroatoms. The van der Waals surface area contributed by atoms with Gasteiger partial charge in [-0.05, 0) is 78.9 Å². The first-order valence-electron chi connectivity index (χ1n) is 14.7. The van der Waals surface area contributed by atoms with Gasteiger partial charge < -0.3 is 20.1 Å². The van der Waals surface area contributed by atoms with E-state index in [2.05, 4.69) is 0 Å². The molecule has 0 spiro atoms. The first kappa shape index (κ1) is 38.9. The number of rotatable bonds is 3. The Hall–Kier alpha value is 0.771. The van der Waals surface area contributed by atoms with Crippen LogP contribution in [0, 0.1) is 0 Å². The normalized spacial score (nSPS) is 20.9. The van der Waals surface area contributed by atoms with Crippen LogP contribution in [0.2, 0.25) is 16.6 Å². The van der Waals surface area contributed by atoms with Crippen LogP contribution in [0.3, 0.4) is 0 Å². The van der Waals surface area contributed by atoms with Gasteiger partial charge in [-0.25, -0.2) is 0 Å². The Morgan fingerprint density at radius 1 is 0.417 bits per heavy atom. The maximum absolute atomic E-state index is 12.0. The maximum atomic E-state index is 12.0. The summed E-state index contributed by atoms with van der Waals surface area (Å²) in [6.07, 6.45) is 20.9. The third-order valence-electron chi connectivity index (χ3n) is 6.78. The fourth-order valence-electron chi connectivity index (χ4n) is 5.70. The van der Waals surface area contributed by atoms with Crippen LogP contribution in [-0.2, 0) is 21.7 Å². The van der Waals surface area contributed by atoms with Crippen molar-refractivity contribution in [1.82, 2.24) is 0 Å². The predicted molar refractivity (Wildman–Crippen MR) is 154 cm³/mol. The van der Waals surface area contributed by atoms with Gasteiger partial charge in [-0.1, -0.05) is 96.3 Å². The molecule has 0 atom stereocenters. The molecule has 0 bridgehead atoms. The van der Waals surface area contributed by atoms with Gasteiger partial charge in [0.1, 0.15) is 0 Å². The van der Waals surface area contributed by atoms with E-state index in [9.17, 15) is 4.80 Å². The summed E-state index contributed by atoms with van der Waals surface area (Å²) in [6, 6.07) is 0. The van der Waals surface area contributed by atoms with Crippen molar-refractivity contribution < 1.29 is 41.8 Å². The van der Waals surface area contributed by atoms with E-state index in [0.717, 1.165) is 16.6 Å². The molecule has 3 saturated carbocycles. The molecule has 0 unspecified atom stereocenters. The van der Waals surface area contributed by atoms with Gasteiger partial charge in [0, 0.05) is 21.7 Å². The van der Waals surface area contributed by atoms with Crippen LogP contribution in [0.1, 0.15) is 159 Å². The zero-order valence-corrected chi connectivity index (χ0v) is 28.2. The minimum atomic E-state index is -2.05. The fourth-order valence-corrected chi connectivity index (χ4v) is 11.7. The third-order valence-corrected chi connectivity index (χ3v) is 12.4. The van der Waals surface area contributed by atoms with Crippen LogP contribution in [0.4, 0.5) is 0 Å². The van der Waals surface area contributed by atoms with Crippen LogP contribution >= 0.6 is 0 Å². The first-order chi connectivity index (χ1) is 15.8. The van der Waals surface area contributed by atoms with Crippen LogP contribution < -0.4 is 0 Å². The molecule has 0 radical (unpaired) electrons. The van der Waals surface area contributed by atoms with Crippen molar-refractivity contribution in [1.29, 1.82) is 0 Å². The van der Waals surface area contributed by atoms with E-state index in [-0.39, 0.29) is 21.7 Å². The zero-order chi connectivity index (χ0) is 27.3. The van der Waals surface area contributed by atoms with Gasteiger partial charge in [-0.3, -0.25) is 0 Å². The molecule has 4 N–H and O–H groups in total. The summed E-state index contributed by atoms with van der Waals surface area (Å²) in [5.41, 5.74) is 0.798. The van der Waals surface area contributed by atoms with E-state index in [1.54, 1.807) is 62.3 Å². The van der Waals surface area contributed by atoms with E-state index in [1.165, 1.54) is 96.3 Å². The van der Waals surface area contributed by atoms with Gasteiger partial charge in [-0.2, -0.15) is 0 Å². The van der Waals surface area contributed by atoms with Crippen molar-refractivity contribution in [3.8, 4) is 0 Å². The first-order valence-corrected chi connectivity index (χ1v) is 16.9. The van der Waals surface area contributed by atoms with E-state index < -0.39 is 25.1 Å². The Kier molecular flexibility index (Phi) is 19.7. The molecule has 4 nitrogen and oxygen atoms in total. The summed E-state index contributed by atoms with van der Waals surface area (Å²) in [5, 5.41) is 25.6. The second-order valence-corrected chi connectivity index (χ2v) is 18.6. The van der Waals surface area contributed by atoms with Crippen LogP contribution in [-0.4, -0.2) is 45.2 Å². The van der Waals surface area contributed by atoms with Crippen LogP contribution in [0.15, 0.2) is 0 Å². The predicted octanol–water partition coefficient (Wildman–Crippen LogP) is 8.26. The summed E-state index contributed by atoms with van der Waals surface area (Å²) in [4.78, 5) is 12.0. The topological polar surface area (TPSA) is 80.9 Å². The van der Waals surface area contributed by atoms with Crippen molar-refractivity contribution in [2.24, 2.45) is 0 Å². The Morgan fingerprint density at radius 2 is 0.556 bits per heavy atom. The quantitative estimate of drug-likeness (QED) is 0.260.